The third kappa shape index (κ3) is 3.85. The van der Waals surface area contributed by atoms with Crippen LogP contribution in [0.5, 0.6) is 0 Å². The fourth-order valence-electron chi connectivity index (χ4n) is 1.87. The Bertz CT molecular complexity index is 735. The summed E-state index contributed by atoms with van der Waals surface area (Å²) in [6.45, 7) is 0.283. The van der Waals surface area contributed by atoms with E-state index in [1.165, 1.54) is 0 Å². The Labute approximate surface area is 140 Å². The minimum atomic E-state index is -3.63. The first-order valence-electron chi connectivity index (χ1n) is 6.02. The molecule has 0 bridgehead atoms. The molecule has 0 unspecified atom stereocenters. The van der Waals surface area contributed by atoms with E-state index in [2.05, 4.69) is 41.7 Å². The van der Waals surface area contributed by atoms with E-state index in [1.54, 1.807) is 23.0 Å². The topological polar surface area (TPSA) is 90.0 Å². The molecule has 0 saturated heterocycles. The number of sulfonamides is 1. The fourth-order valence-corrected chi connectivity index (χ4v) is 5.52. The number of hydrogen-bond acceptors (Lipinski definition) is 4. The van der Waals surface area contributed by atoms with Crippen LogP contribution in [0.25, 0.3) is 0 Å². The zero-order valence-electron chi connectivity index (χ0n) is 11.2. The van der Waals surface area contributed by atoms with Gasteiger partial charge in [0.1, 0.15) is 4.90 Å². The van der Waals surface area contributed by atoms with E-state index in [0.717, 1.165) is 5.69 Å². The monoisotopic (exact) mass is 436 g/mol. The van der Waals surface area contributed by atoms with Gasteiger partial charge in [0.15, 0.2) is 0 Å². The highest BCUT2D eigenvalue weighted by atomic mass is 79.9. The Hall–Kier alpha value is -0.900. The number of anilines is 1. The van der Waals surface area contributed by atoms with E-state index in [4.69, 9.17) is 5.73 Å². The molecule has 0 spiro atoms. The van der Waals surface area contributed by atoms with Crippen molar-refractivity contribution >= 4 is 47.6 Å². The molecule has 1 heterocycles. The van der Waals surface area contributed by atoms with Gasteiger partial charge in [-0.1, -0.05) is 0 Å². The van der Waals surface area contributed by atoms with Gasteiger partial charge in [-0.05, 0) is 50.1 Å². The summed E-state index contributed by atoms with van der Waals surface area (Å²) in [6, 6.07) is 4.96. The first kappa shape index (κ1) is 16.5. The maximum Gasteiger partial charge on any atom is 0.242 e. The van der Waals surface area contributed by atoms with Crippen LogP contribution in [0.4, 0.5) is 5.69 Å². The standard InChI is InChI=1S/C12H14Br2N4O2S/c1-18-9(2-4-16-18)3-5-17-21(19,20)12-10(13)6-8(15)7-11(12)14/h2,4,6-7,17H,3,5,15H2,1H3. The van der Waals surface area contributed by atoms with Crippen molar-refractivity contribution in [3.05, 3.63) is 39.0 Å². The maximum atomic E-state index is 12.4. The lowest BCUT2D eigenvalue weighted by Gasteiger charge is -2.11. The van der Waals surface area contributed by atoms with Crippen LogP contribution in [0.15, 0.2) is 38.2 Å². The lowest BCUT2D eigenvalue weighted by Crippen LogP contribution is -2.27. The molecule has 0 atom stereocenters. The number of nitrogen functional groups attached to an aromatic ring is 1. The zero-order chi connectivity index (χ0) is 15.6. The lowest BCUT2D eigenvalue weighted by atomic mass is 10.3. The number of aromatic nitrogens is 2. The molecule has 6 nitrogen and oxygen atoms in total. The van der Waals surface area contributed by atoms with Gasteiger partial charge in [0.2, 0.25) is 10.0 Å². The number of nitrogens with one attached hydrogen (secondary N) is 1. The smallest absolute Gasteiger partial charge is 0.242 e. The summed E-state index contributed by atoms with van der Waals surface area (Å²) in [5.74, 6) is 0. The Morgan fingerprint density at radius 1 is 1.33 bits per heavy atom. The molecule has 3 N–H and O–H groups in total. The Kier molecular flexibility index (Phi) is 5.07. The van der Waals surface area contributed by atoms with E-state index in [-0.39, 0.29) is 11.4 Å². The van der Waals surface area contributed by atoms with E-state index in [9.17, 15) is 8.42 Å². The molecule has 0 radical (unpaired) electrons. The van der Waals surface area contributed by atoms with Crippen molar-refractivity contribution in [3.8, 4) is 0 Å². The molecule has 0 aliphatic carbocycles. The van der Waals surface area contributed by atoms with E-state index >= 15 is 0 Å². The largest absolute Gasteiger partial charge is 0.399 e. The van der Waals surface area contributed by atoms with Gasteiger partial charge in [-0.15, -0.1) is 0 Å². The number of benzene rings is 1. The number of aryl methyl sites for hydroxylation is 1. The van der Waals surface area contributed by atoms with Crippen LogP contribution in [0, 0.1) is 0 Å². The summed E-state index contributed by atoms with van der Waals surface area (Å²) in [4.78, 5) is 0.140. The molecule has 0 aliphatic rings. The van der Waals surface area contributed by atoms with Crippen molar-refractivity contribution in [2.24, 2.45) is 7.05 Å². The second-order valence-corrected chi connectivity index (χ2v) is 7.82. The quantitative estimate of drug-likeness (QED) is 0.700. The Morgan fingerprint density at radius 3 is 2.48 bits per heavy atom. The minimum Gasteiger partial charge on any atom is -0.399 e. The summed E-state index contributed by atoms with van der Waals surface area (Å²) in [7, 11) is -1.82. The molecular formula is C12H14Br2N4O2S. The number of nitrogens with zero attached hydrogens (tertiary/aromatic N) is 2. The van der Waals surface area contributed by atoms with Crippen molar-refractivity contribution in [3.63, 3.8) is 0 Å². The molecule has 0 amide bonds. The summed E-state index contributed by atoms with van der Waals surface area (Å²) < 4.78 is 29.9. The molecule has 1 aromatic carbocycles. The second kappa shape index (κ2) is 6.47. The highest BCUT2D eigenvalue weighted by molar-refractivity contribution is 9.11. The highest BCUT2D eigenvalue weighted by Crippen LogP contribution is 2.32. The summed E-state index contributed by atoms with van der Waals surface area (Å²) in [5, 5.41) is 4.04. The van der Waals surface area contributed by atoms with E-state index in [0.29, 0.717) is 21.1 Å². The molecular weight excluding hydrogens is 424 g/mol. The molecule has 0 saturated carbocycles. The van der Waals surface area contributed by atoms with Gasteiger partial charge >= 0.3 is 0 Å². The normalized spacial score (nSPS) is 11.8. The van der Waals surface area contributed by atoms with Gasteiger partial charge in [-0.25, -0.2) is 13.1 Å². The average molecular weight is 438 g/mol. The lowest BCUT2D eigenvalue weighted by molar-refractivity contribution is 0.578. The van der Waals surface area contributed by atoms with Gasteiger partial charge in [0.25, 0.3) is 0 Å². The van der Waals surface area contributed by atoms with Crippen LogP contribution >= 0.6 is 31.9 Å². The fraction of sp³-hybridized carbons (Fsp3) is 0.250. The van der Waals surface area contributed by atoms with Gasteiger partial charge in [0, 0.05) is 46.5 Å². The molecule has 2 rings (SSSR count). The van der Waals surface area contributed by atoms with Crippen molar-refractivity contribution < 1.29 is 8.42 Å². The molecule has 1 aromatic heterocycles. The molecule has 0 aliphatic heterocycles. The van der Waals surface area contributed by atoms with Crippen LogP contribution < -0.4 is 10.5 Å². The Morgan fingerprint density at radius 2 is 1.95 bits per heavy atom. The summed E-state index contributed by atoms with van der Waals surface area (Å²) in [6.07, 6.45) is 2.23. The number of rotatable bonds is 5. The van der Waals surface area contributed by atoms with Crippen LogP contribution in [-0.2, 0) is 23.5 Å². The highest BCUT2D eigenvalue weighted by Gasteiger charge is 2.21. The van der Waals surface area contributed by atoms with Crippen LogP contribution in [0.3, 0.4) is 0 Å². The molecule has 2 aromatic rings. The van der Waals surface area contributed by atoms with Crippen molar-refractivity contribution in [1.82, 2.24) is 14.5 Å². The third-order valence-electron chi connectivity index (χ3n) is 2.89. The first-order chi connectivity index (χ1) is 9.81. The predicted octanol–water partition coefficient (Wildman–Crippen LogP) is 2.05. The van der Waals surface area contributed by atoms with Crippen LogP contribution in [-0.4, -0.2) is 24.7 Å². The van der Waals surface area contributed by atoms with Crippen molar-refractivity contribution in [2.45, 2.75) is 11.3 Å². The maximum absolute atomic E-state index is 12.4. The third-order valence-corrected chi connectivity index (χ3v) is 6.22. The molecule has 9 heteroatoms. The van der Waals surface area contributed by atoms with Gasteiger partial charge in [-0.2, -0.15) is 5.10 Å². The van der Waals surface area contributed by atoms with Crippen LogP contribution in [0.1, 0.15) is 5.69 Å². The van der Waals surface area contributed by atoms with Gasteiger partial charge in [-0.3, -0.25) is 4.68 Å². The SMILES string of the molecule is Cn1nccc1CCNS(=O)(=O)c1c(Br)cc(N)cc1Br. The number of nitrogens with two attached hydrogens (primary N) is 1. The molecule has 0 fully saturated rings. The zero-order valence-corrected chi connectivity index (χ0v) is 15.2. The van der Waals surface area contributed by atoms with Crippen molar-refractivity contribution in [2.75, 3.05) is 12.3 Å². The van der Waals surface area contributed by atoms with Crippen LogP contribution in [0.2, 0.25) is 0 Å². The first-order valence-corrected chi connectivity index (χ1v) is 9.09. The van der Waals surface area contributed by atoms with E-state index < -0.39 is 10.0 Å². The van der Waals surface area contributed by atoms with E-state index in [1.807, 2.05) is 13.1 Å². The minimum absolute atomic E-state index is 0.140. The van der Waals surface area contributed by atoms with Gasteiger partial charge in [0.05, 0.1) is 0 Å². The second-order valence-electron chi connectivity index (χ2n) is 4.41. The summed E-state index contributed by atoms with van der Waals surface area (Å²) >= 11 is 6.47. The van der Waals surface area contributed by atoms with Gasteiger partial charge < -0.3 is 5.73 Å². The Balaban J connectivity index is 2.14. The van der Waals surface area contributed by atoms with Crippen molar-refractivity contribution in [1.29, 1.82) is 0 Å². The molecule has 114 valence electrons. The molecule has 21 heavy (non-hydrogen) atoms. The predicted molar refractivity (Wildman–Crippen MR) is 88.4 cm³/mol. The average Bonchev–Trinajstić information content (AvgIpc) is 2.73. The summed E-state index contributed by atoms with van der Waals surface area (Å²) in [5.41, 5.74) is 7.09. The number of halogens is 2. The number of hydrogen-bond donors (Lipinski definition) is 2.